The smallest absolute Gasteiger partial charge is 0.280 e. The van der Waals surface area contributed by atoms with Crippen molar-refractivity contribution >= 4 is 54.1 Å². The van der Waals surface area contributed by atoms with Crippen molar-refractivity contribution in [2.75, 3.05) is 50.8 Å². The molecule has 1 aliphatic heterocycles. The van der Waals surface area contributed by atoms with Crippen molar-refractivity contribution < 1.29 is 9.53 Å². The molecule has 1 amide bonds. The summed E-state index contributed by atoms with van der Waals surface area (Å²) in [5.74, 6) is 0.804. The molecule has 0 atom stereocenters. The lowest BCUT2D eigenvalue weighted by Crippen LogP contribution is -2.48. The molecule has 0 spiro atoms. The molecule has 2 aromatic carbocycles. The number of hydrogen-bond donors (Lipinski definition) is 1. The summed E-state index contributed by atoms with van der Waals surface area (Å²) >= 11 is 3.16. The molecule has 32 heavy (non-hydrogen) atoms. The summed E-state index contributed by atoms with van der Waals surface area (Å²) in [5.41, 5.74) is 1.90. The van der Waals surface area contributed by atoms with Crippen molar-refractivity contribution in [2.45, 2.75) is 6.92 Å². The standard InChI is InChI=1S/C23H25N5O2S2/c1-2-30-16-7-8-18-20(15-16)32-23(26-18)28-13-11-27(12-14-28)10-9-24-21(29)22-25-17-5-3-4-6-19(17)31-22/h3-8,15H,2,9-14H2,1H3,(H,24,29). The first-order valence-corrected chi connectivity index (χ1v) is 12.5. The second-order valence-electron chi connectivity index (χ2n) is 7.63. The summed E-state index contributed by atoms with van der Waals surface area (Å²) in [6.07, 6.45) is 0. The molecule has 0 aliphatic carbocycles. The van der Waals surface area contributed by atoms with E-state index in [1.807, 2.05) is 43.3 Å². The lowest BCUT2D eigenvalue weighted by atomic mass is 10.3. The summed E-state index contributed by atoms with van der Waals surface area (Å²) in [6, 6.07) is 13.9. The molecule has 9 heteroatoms. The third-order valence-electron chi connectivity index (χ3n) is 5.50. The van der Waals surface area contributed by atoms with Crippen LogP contribution in [-0.4, -0.2) is 66.7 Å². The van der Waals surface area contributed by atoms with E-state index in [0.29, 0.717) is 18.2 Å². The first-order chi connectivity index (χ1) is 15.7. The second-order valence-corrected chi connectivity index (χ2v) is 9.67. The number of piperazine rings is 1. The van der Waals surface area contributed by atoms with Crippen LogP contribution in [0, 0.1) is 0 Å². The molecule has 0 bridgehead atoms. The Morgan fingerprint density at radius 1 is 1.03 bits per heavy atom. The Bertz CT molecular complexity index is 1200. The van der Waals surface area contributed by atoms with Crippen LogP contribution >= 0.6 is 22.7 Å². The van der Waals surface area contributed by atoms with Gasteiger partial charge in [0.1, 0.15) is 5.75 Å². The average molecular weight is 468 g/mol. The van der Waals surface area contributed by atoms with E-state index in [2.05, 4.69) is 26.2 Å². The Hall–Kier alpha value is -2.75. The molecule has 1 aliphatic rings. The van der Waals surface area contributed by atoms with Crippen LogP contribution in [0.25, 0.3) is 20.4 Å². The van der Waals surface area contributed by atoms with Gasteiger partial charge in [0.15, 0.2) is 10.1 Å². The quantitative estimate of drug-likeness (QED) is 0.445. The Balaban J connectivity index is 1.11. The van der Waals surface area contributed by atoms with Gasteiger partial charge in [0.2, 0.25) is 0 Å². The fourth-order valence-electron chi connectivity index (χ4n) is 3.82. The maximum atomic E-state index is 12.4. The molecule has 0 radical (unpaired) electrons. The molecule has 2 aromatic heterocycles. The third-order valence-corrected chi connectivity index (χ3v) is 7.62. The lowest BCUT2D eigenvalue weighted by Gasteiger charge is -2.34. The number of hydrogen-bond acceptors (Lipinski definition) is 8. The molecule has 1 N–H and O–H groups in total. The van der Waals surface area contributed by atoms with Gasteiger partial charge < -0.3 is 15.0 Å². The van der Waals surface area contributed by atoms with E-state index < -0.39 is 0 Å². The summed E-state index contributed by atoms with van der Waals surface area (Å²) in [5, 5.41) is 4.61. The van der Waals surface area contributed by atoms with Gasteiger partial charge in [0.05, 0.1) is 27.0 Å². The van der Waals surface area contributed by atoms with Gasteiger partial charge in [0, 0.05) is 39.3 Å². The highest BCUT2D eigenvalue weighted by Crippen LogP contribution is 2.32. The molecular weight excluding hydrogens is 442 g/mol. The van der Waals surface area contributed by atoms with E-state index >= 15 is 0 Å². The van der Waals surface area contributed by atoms with E-state index in [4.69, 9.17) is 9.72 Å². The number of carbonyl (C=O) groups is 1. The molecule has 1 saturated heterocycles. The number of anilines is 1. The number of fused-ring (bicyclic) bond motifs is 2. The number of rotatable bonds is 7. The number of carbonyl (C=O) groups excluding carboxylic acids is 1. The van der Waals surface area contributed by atoms with Gasteiger partial charge in [-0.3, -0.25) is 9.69 Å². The average Bonchev–Trinajstić information content (AvgIpc) is 3.44. The van der Waals surface area contributed by atoms with Gasteiger partial charge in [0.25, 0.3) is 5.91 Å². The first-order valence-electron chi connectivity index (χ1n) is 10.8. The molecule has 1 fully saturated rings. The lowest BCUT2D eigenvalue weighted by molar-refractivity contribution is 0.0947. The number of thiazole rings is 2. The van der Waals surface area contributed by atoms with Gasteiger partial charge >= 0.3 is 0 Å². The van der Waals surface area contributed by atoms with Crippen molar-refractivity contribution in [3.05, 3.63) is 47.5 Å². The van der Waals surface area contributed by atoms with Crippen molar-refractivity contribution in [3.8, 4) is 5.75 Å². The van der Waals surface area contributed by atoms with E-state index in [9.17, 15) is 4.79 Å². The third kappa shape index (κ3) is 4.55. The fourth-order valence-corrected chi connectivity index (χ4v) is 5.75. The zero-order chi connectivity index (χ0) is 21.9. The Morgan fingerprint density at radius 3 is 2.66 bits per heavy atom. The highest BCUT2D eigenvalue weighted by atomic mass is 32.1. The van der Waals surface area contributed by atoms with Gasteiger partial charge in [-0.05, 0) is 37.3 Å². The summed E-state index contributed by atoms with van der Waals surface area (Å²) < 4.78 is 7.80. The summed E-state index contributed by atoms with van der Waals surface area (Å²) in [6.45, 7) is 7.90. The minimum Gasteiger partial charge on any atom is -0.494 e. The monoisotopic (exact) mass is 467 g/mol. The maximum absolute atomic E-state index is 12.4. The van der Waals surface area contributed by atoms with Crippen LogP contribution in [0.15, 0.2) is 42.5 Å². The zero-order valence-corrected chi connectivity index (χ0v) is 19.5. The molecule has 3 heterocycles. The number of nitrogens with zero attached hydrogens (tertiary/aromatic N) is 4. The van der Waals surface area contributed by atoms with Crippen LogP contribution in [0.5, 0.6) is 5.75 Å². The Morgan fingerprint density at radius 2 is 1.84 bits per heavy atom. The van der Waals surface area contributed by atoms with Gasteiger partial charge in [-0.2, -0.15) is 0 Å². The topological polar surface area (TPSA) is 70.6 Å². The molecule has 166 valence electrons. The molecule has 7 nitrogen and oxygen atoms in total. The number of amides is 1. The predicted molar refractivity (Wildman–Crippen MR) is 131 cm³/mol. The molecular formula is C23H25N5O2S2. The number of aromatic nitrogens is 2. The minimum absolute atomic E-state index is 0.0919. The highest BCUT2D eigenvalue weighted by molar-refractivity contribution is 7.22. The van der Waals surface area contributed by atoms with E-state index in [-0.39, 0.29) is 5.91 Å². The summed E-state index contributed by atoms with van der Waals surface area (Å²) in [4.78, 5) is 26.4. The zero-order valence-electron chi connectivity index (χ0n) is 17.9. The van der Waals surface area contributed by atoms with Gasteiger partial charge in [-0.25, -0.2) is 9.97 Å². The van der Waals surface area contributed by atoms with Crippen LogP contribution in [0.4, 0.5) is 5.13 Å². The van der Waals surface area contributed by atoms with Crippen molar-refractivity contribution in [1.82, 2.24) is 20.2 Å². The first kappa shape index (κ1) is 21.1. The maximum Gasteiger partial charge on any atom is 0.280 e. The van der Waals surface area contributed by atoms with Crippen LogP contribution < -0.4 is 15.0 Å². The largest absolute Gasteiger partial charge is 0.494 e. The van der Waals surface area contributed by atoms with E-state index in [0.717, 1.165) is 64.0 Å². The number of ether oxygens (including phenoxy) is 1. The predicted octanol–water partition coefficient (Wildman–Crippen LogP) is 3.86. The van der Waals surface area contributed by atoms with Crippen LogP contribution in [0.2, 0.25) is 0 Å². The Kier molecular flexibility index (Phi) is 6.20. The van der Waals surface area contributed by atoms with Gasteiger partial charge in [-0.15, -0.1) is 11.3 Å². The molecule has 0 unspecified atom stereocenters. The van der Waals surface area contributed by atoms with Crippen LogP contribution in [0.3, 0.4) is 0 Å². The number of para-hydroxylation sites is 1. The summed E-state index contributed by atoms with van der Waals surface area (Å²) in [7, 11) is 0. The Labute approximate surface area is 194 Å². The number of nitrogens with one attached hydrogen (secondary N) is 1. The second kappa shape index (κ2) is 9.40. The van der Waals surface area contributed by atoms with E-state index in [1.54, 1.807) is 11.3 Å². The fraction of sp³-hybridized carbons (Fsp3) is 0.348. The van der Waals surface area contributed by atoms with Crippen molar-refractivity contribution in [1.29, 1.82) is 0 Å². The normalized spacial score (nSPS) is 14.8. The molecule has 4 aromatic rings. The SMILES string of the molecule is CCOc1ccc2nc(N3CCN(CCNC(=O)c4nc5ccccc5s4)CC3)sc2c1. The minimum atomic E-state index is -0.0919. The van der Waals surface area contributed by atoms with Crippen molar-refractivity contribution in [3.63, 3.8) is 0 Å². The molecule has 5 rings (SSSR count). The van der Waals surface area contributed by atoms with Crippen molar-refractivity contribution in [2.24, 2.45) is 0 Å². The van der Waals surface area contributed by atoms with Crippen LogP contribution in [0.1, 0.15) is 16.7 Å². The number of benzene rings is 2. The van der Waals surface area contributed by atoms with Crippen LogP contribution in [-0.2, 0) is 0 Å². The van der Waals surface area contributed by atoms with E-state index in [1.165, 1.54) is 11.3 Å². The molecule has 0 saturated carbocycles. The van der Waals surface area contributed by atoms with Gasteiger partial charge in [-0.1, -0.05) is 23.5 Å². The highest BCUT2D eigenvalue weighted by Gasteiger charge is 2.20.